The molecule has 0 spiro atoms. The monoisotopic (exact) mass is 378 g/mol. The molecule has 144 valence electrons. The van der Waals surface area contributed by atoms with Crippen LogP contribution in [0, 0.1) is 18.4 Å². The van der Waals surface area contributed by atoms with Crippen LogP contribution in [0.3, 0.4) is 0 Å². The van der Waals surface area contributed by atoms with Gasteiger partial charge < -0.3 is 4.90 Å². The third kappa shape index (κ3) is 4.44. The SMILES string of the molecule is Cc1ccc(N(C)c2ccccc2C#C[Si](C(C)C)(C(C)C)C(C)C)nc1. The highest BCUT2D eigenvalue weighted by molar-refractivity contribution is 6.90. The summed E-state index contributed by atoms with van der Waals surface area (Å²) in [4.78, 5) is 6.71. The average Bonchev–Trinajstić information content (AvgIpc) is 2.61. The summed E-state index contributed by atoms with van der Waals surface area (Å²) in [5.74, 6) is 4.54. The minimum atomic E-state index is -1.75. The van der Waals surface area contributed by atoms with Crippen LogP contribution in [-0.2, 0) is 0 Å². The van der Waals surface area contributed by atoms with Crippen molar-refractivity contribution in [3.05, 3.63) is 53.7 Å². The predicted molar refractivity (Wildman–Crippen MR) is 121 cm³/mol. The fraction of sp³-hybridized carbons (Fsp3) is 0.458. The van der Waals surface area contributed by atoms with Crippen LogP contribution in [0.25, 0.3) is 0 Å². The normalized spacial score (nSPS) is 11.7. The number of benzene rings is 1. The van der Waals surface area contributed by atoms with Gasteiger partial charge in [0.25, 0.3) is 0 Å². The van der Waals surface area contributed by atoms with Gasteiger partial charge in [0.15, 0.2) is 0 Å². The van der Waals surface area contributed by atoms with Crippen molar-refractivity contribution in [2.24, 2.45) is 0 Å². The van der Waals surface area contributed by atoms with E-state index in [1.807, 2.05) is 6.20 Å². The Labute approximate surface area is 167 Å². The third-order valence-electron chi connectivity index (χ3n) is 5.78. The van der Waals surface area contributed by atoms with E-state index >= 15 is 0 Å². The lowest BCUT2D eigenvalue weighted by molar-refractivity contribution is 0.838. The Morgan fingerprint density at radius 3 is 2.00 bits per heavy atom. The molecular weight excluding hydrogens is 344 g/mol. The van der Waals surface area contributed by atoms with Crippen molar-refractivity contribution in [3.63, 3.8) is 0 Å². The quantitative estimate of drug-likeness (QED) is 0.423. The van der Waals surface area contributed by atoms with Gasteiger partial charge in [-0.3, -0.25) is 0 Å². The second-order valence-electron chi connectivity index (χ2n) is 8.42. The molecule has 0 atom stereocenters. The van der Waals surface area contributed by atoms with E-state index in [4.69, 9.17) is 0 Å². The van der Waals surface area contributed by atoms with Gasteiger partial charge in [0, 0.05) is 18.8 Å². The van der Waals surface area contributed by atoms with E-state index in [1.54, 1.807) is 0 Å². The first-order valence-corrected chi connectivity index (χ1v) is 12.2. The molecule has 0 aliphatic carbocycles. The van der Waals surface area contributed by atoms with E-state index in [1.165, 1.54) is 5.56 Å². The molecule has 2 aromatic rings. The first-order chi connectivity index (χ1) is 12.7. The van der Waals surface area contributed by atoms with Crippen molar-refractivity contribution in [2.45, 2.75) is 65.1 Å². The lowest BCUT2D eigenvalue weighted by Crippen LogP contribution is -2.43. The third-order valence-corrected chi connectivity index (χ3v) is 12.1. The summed E-state index contributed by atoms with van der Waals surface area (Å²) < 4.78 is 0. The predicted octanol–water partition coefficient (Wildman–Crippen LogP) is 6.73. The number of aromatic nitrogens is 1. The molecule has 0 N–H and O–H groups in total. The van der Waals surface area contributed by atoms with Crippen molar-refractivity contribution < 1.29 is 0 Å². The van der Waals surface area contributed by atoms with Gasteiger partial charge in [-0.2, -0.15) is 0 Å². The molecular formula is C24H34N2Si. The van der Waals surface area contributed by atoms with Crippen LogP contribution in [-0.4, -0.2) is 20.1 Å². The molecule has 2 rings (SSSR count). The fourth-order valence-corrected chi connectivity index (χ4v) is 9.48. The van der Waals surface area contributed by atoms with E-state index in [0.717, 1.165) is 17.1 Å². The standard InChI is InChI=1S/C24H34N2Si/c1-18(2)27(19(3)4,20(5)6)16-15-22-11-9-10-12-23(22)26(8)24-14-13-21(7)17-25-24/h9-14,17-20H,1-8H3. The fourth-order valence-electron chi connectivity index (χ4n) is 4.26. The minimum Gasteiger partial charge on any atom is -0.328 e. The Bertz CT molecular complexity index is 788. The van der Waals surface area contributed by atoms with Crippen molar-refractivity contribution >= 4 is 19.6 Å². The lowest BCUT2D eigenvalue weighted by atomic mass is 10.1. The molecule has 3 heteroatoms. The molecule has 0 fully saturated rings. The van der Waals surface area contributed by atoms with E-state index in [-0.39, 0.29) is 0 Å². The Morgan fingerprint density at radius 2 is 1.48 bits per heavy atom. The van der Waals surface area contributed by atoms with Crippen LogP contribution >= 0.6 is 0 Å². The van der Waals surface area contributed by atoms with Gasteiger partial charge in [0.05, 0.1) is 5.69 Å². The van der Waals surface area contributed by atoms with Crippen LogP contribution in [0.1, 0.15) is 52.7 Å². The Morgan fingerprint density at radius 1 is 0.889 bits per heavy atom. The van der Waals surface area contributed by atoms with E-state index in [0.29, 0.717) is 16.6 Å². The summed E-state index contributed by atoms with van der Waals surface area (Å²) in [5, 5.41) is 0. The molecule has 0 amide bonds. The van der Waals surface area contributed by atoms with Crippen LogP contribution in [0.15, 0.2) is 42.6 Å². The zero-order chi connectivity index (χ0) is 20.2. The molecule has 0 unspecified atom stereocenters. The number of para-hydroxylation sites is 1. The van der Waals surface area contributed by atoms with E-state index < -0.39 is 8.07 Å². The number of rotatable bonds is 5. The molecule has 0 radical (unpaired) electrons. The summed E-state index contributed by atoms with van der Waals surface area (Å²) in [6.45, 7) is 16.2. The maximum absolute atomic E-state index is 4.58. The second kappa shape index (κ2) is 8.76. The van der Waals surface area contributed by atoms with Gasteiger partial charge in [-0.15, -0.1) is 5.54 Å². The zero-order valence-corrected chi connectivity index (χ0v) is 19.2. The van der Waals surface area contributed by atoms with Gasteiger partial charge in [-0.05, 0) is 47.3 Å². The van der Waals surface area contributed by atoms with Crippen molar-refractivity contribution in [1.29, 1.82) is 0 Å². The number of aryl methyl sites for hydroxylation is 1. The number of hydrogen-bond donors (Lipinski definition) is 0. The van der Waals surface area contributed by atoms with Crippen LogP contribution in [0.2, 0.25) is 16.6 Å². The molecule has 1 aromatic heterocycles. The van der Waals surface area contributed by atoms with Crippen molar-refractivity contribution in [3.8, 4) is 11.5 Å². The molecule has 1 aromatic carbocycles. The molecule has 0 saturated carbocycles. The molecule has 0 bridgehead atoms. The van der Waals surface area contributed by atoms with Gasteiger partial charge in [-0.1, -0.05) is 65.7 Å². The largest absolute Gasteiger partial charge is 0.328 e. The summed E-state index contributed by atoms with van der Waals surface area (Å²) in [7, 11) is 0.316. The highest BCUT2D eigenvalue weighted by Crippen LogP contribution is 2.41. The van der Waals surface area contributed by atoms with E-state index in [9.17, 15) is 0 Å². The van der Waals surface area contributed by atoms with Crippen LogP contribution in [0.5, 0.6) is 0 Å². The molecule has 0 aliphatic heterocycles. The van der Waals surface area contributed by atoms with Crippen molar-refractivity contribution in [1.82, 2.24) is 4.98 Å². The molecule has 1 heterocycles. The maximum atomic E-state index is 4.58. The maximum Gasteiger partial charge on any atom is 0.146 e. The Kier molecular flexibility index (Phi) is 6.89. The summed E-state index contributed by atoms with van der Waals surface area (Å²) in [5.41, 5.74) is 9.11. The number of hydrogen-bond acceptors (Lipinski definition) is 2. The van der Waals surface area contributed by atoms with Gasteiger partial charge in [-0.25, -0.2) is 4.98 Å². The Hall–Kier alpha value is -2.05. The average molecular weight is 379 g/mol. The van der Waals surface area contributed by atoms with Gasteiger partial charge >= 0.3 is 0 Å². The van der Waals surface area contributed by atoms with Gasteiger partial charge in [0.2, 0.25) is 0 Å². The number of anilines is 2. The highest BCUT2D eigenvalue weighted by atomic mass is 28.3. The summed E-state index contributed by atoms with van der Waals surface area (Å²) >= 11 is 0. The van der Waals surface area contributed by atoms with Crippen LogP contribution in [0.4, 0.5) is 11.5 Å². The highest BCUT2D eigenvalue weighted by Gasteiger charge is 2.41. The minimum absolute atomic E-state index is 0.633. The number of pyridine rings is 1. The summed E-state index contributed by atoms with van der Waals surface area (Å²) in [6, 6.07) is 12.6. The van der Waals surface area contributed by atoms with E-state index in [2.05, 4.69) is 113 Å². The molecule has 2 nitrogen and oxygen atoms in total. The van der Waals surface area contributed by atoms with Crippen molar-refractivity contribution in [2.75, 3.05) is 11.9 Å². The first kappa shape index (κ1) is 21.2. The van der Waals surface area contributed by atoms with Crippen LogP contribution < -0.4 is 4.90 Å². The topological polar surface area (TPSA) is 16.1 Å². The zero-order valence-electron chi connectivity index (χ0n) is 18.2. The smallest absolute Gasteiger partial charge is 0.146 e. The van der Waals surface area contributed by atoms with Gasteiger partial charge in [0.1, 0.15) is 13.9 Å². The summed E-state index contributed by atoms with van der Waals surface area (Å²) in [6.07, 6.45) is 1.91. The number of nitrogens with zero attached hydrogens (tertiary/aromatic N) is 2. The first-order valence-electron chi connectivity index (χ1n) is 9.98. The lowest BCUT2D eigenvalue weighted by Gasteiger charge is -2.38. The Balaban J connectivity index is 2.50. The molecule has 0 aliphatic rings. The molecule has 0 saturated heterocycles. The second-order valence-corrected chi connectivity index (χ2v) is 14.0. The molecule has 27 heavy (non-hydrogen) atoms.